The highest BCUT2D eigenvalue weighted by Gasteiger charge is 2.23. The molecular formula is C23H26ClN3O2. The molecule has 2 amide bonds. The van der Waals surface area contributed by atoms with E-state index >= 15 is 0 Å². The normalized spacial score (nSPS) is 14.5. The van der Waals surface area contributed by atoms with Gasteiger partial charge in [0, 0.05) is 43.9 Å². The molecule has 0 unspecified atom stereocenters. The first kappa shape index (κ1) is 20.9. The van der Waals surface area contributed by atoms with Crippen LogP contribution in [0.5, 0.6) is 0 Å². The van der Waals surface area contributed by atoms with Crippen molar-refractivity contribution >= 4 is 40.9 Å². The van der Waals surface area contributed by atoms with Crippen molar-refractivity contribution in [2.24, 2.45) is 5.92 Å². The van der Waals surface area contributed by atoms with Gasteiger partial charge in [-0.25, -0.2) is 0 Å². The minimum atomic E-state index is -0.210. The van der Waals surface area contributed by atoms with Gasteiger partial charge in [-0.05, 0) is 29.8 Å². The summed E-state index contributed by atoms with van der Waals surface area (Å²) in [6.07, 6.45) is 3.27. The zero-order valence-corrected chi connectivity index (χ0v) is 17.5. The van der Waals surface area contributed by atoms with Crippen LogP contribution in [0.3, 0.4) is 0 Å². The predicted octanol–water partition coefficient (Wildman–Crippen LogP) is 4.30. The fraction of sp³-hybridized carbons (Fsp3) is 0.304. The highest BCUT2D eigenvalue weighted by atomic mass is 35.5. The van der Waals surface area contributed by atoms with Crippen LogP contribution in [0.15, 0.2) is 54.6 Å². The van der Waals surface area contributed by atoms with E-state index in [0.29, 0.717) is 23.8 Å². The van der Waals surface area contributed by atoms with Crippen LogP contribution in [0.2, 0.25) is 5.02 Å². The van der Waals surface area contributed by atoms with Crippen LogP contribution in [0.1, 0.15) is 19.4 Å². The Morgan fingerprint density at radius 3 is 2.34 bits per heavy atom. The standard InChI is InChI=1S/C23H26ClN3O2/c1-17(2)23(29)27-14-12-26(13-15-27)21-10-9-19(16-20(21)24)25-22(28)11-8-18-6-4-3-5-7-18/h3-11,16-17H,12-15H2,1-2H3,(H,25,28)/b11-8+. The monoisotopic (exact) mass is 411 g/mol. The molecule has 2 aromatic carbocycles. The fourth-order valence-corrected chi connectivity index (χ4v) is 3.59. The summed E-state index contributed by atoms with van der Waals surface area (Å²) < 4.78 is 0. The summed E-state index contributed by atoms with van der Waals surface area (Å²) in [7, 11) is 0. The molecule has 1 saturated heterocycles. The number of halogens is 1. The van der Waals surface area contributed by atoms with Crippen LogP contribution in [0, 0.1) is 5.92 Å². The second kappa shape index (κ2) is 9.61. The van der Waals surface area contributed by atoms with Gasteiger partial charge >= 0.3 is 0 Å². The number of carbonyl (C=O) groups is 2. The lowest BCUT2D eigenvalue weighted by Crippen LogP contribution is -2.50. The maximum Gasteiger partial charge on any atom is 0.248 e. The van der Waals surface area contributed by atoms with Crippen molar-refractivity contribution in [3.8, 4) is 0 Å². The number of carbonyl (C=O) groups excluding carboxylic acids is 2. The molecule has 2 aromatic rings. The minimum absolute atomic E-state index is 0.0176. The fourth-order valence-electron chi connectivity index (χ4n) is 3.29. The van der Waals surface area contributed by atoms with Crippen LogP contribution >= 0.6 is 11.6 Å². The van der Waals surface area contributed by atoms with E-state index in [4.69, 9.17) is 11.6 Å². The smallest absolute Gasteiger partial charge is 0.248 e. The van der Waals surface area contributed by atoms with Crippen molar-refractivity contribution in [3.63, 3.8) is 0 Å². The van der Waals surface area contributed by atoms with Crippen molar-refractivity contribution < 1.29 is 9.59 Å². The van der Waals surface area contributed by atoms with Crippen molar-refractivity contribution in [2.45, 2.75) is 13.8 Å². The largest absolute Gasteiger partial charge is 0.367 e. The molecule has 1 fully saturated rings. The van der Waals surface area contributed by atoms with Gasteiger partial charge in [-0.3, -0.25) is 9.59 Å². The van der Waals surface area contributed by atoms with E-state index in [9.17, 15) is 9.59 Å². The van der Waals surface area contributed by atoms with Gasteiger partial charge in [0.15, 0.2) is 0 Å². The molecule has 6 heteroatoms. The molecule has 0 bridgehead atoms. The molecular weight excluding hydrogens is 386 g/mol. The lowest BCUT2D eigenvalue weighted by atomic mass is 10.1. The van der Waals surface area contributed by atoms with Gasteiger partial charge in [0.1, 0.15) is 0 Å². The Kier molecular flexibility index (Phi) is 6.94. The summed E-state index contributed by atoms with van der Waals surface area (Å²) in [5.41, 5.74) is 2.53. The Morgan fingerprint density at radius 2 is 1.72 bits per heavy atom. The molecule has 29 heavy (non-hydrogen) atoms. The summed E-state index contributed by atoms with van der Waals surface area (Å²) >= 11 is 6.48. The molecule has 1 aliphatic rings. The molecule has 3 rings (SSSR count). The summed E-state index contributed by atoms with van der Waals surface area (Å²) in [4.78, 5) is 28.4. The number of amides is 2. The van der Waals surface area contributed by atoms with Gasteiger partial charge in [-0.2, -0.15) is 0 Å². The first-order valence-corrected chi connectivity index (χ1v) is 10.2. The molecule has 0 aliphatic carbocycles. The third-order valence-corrected chi connectivity index (χ3v) is 5.17. The Bertz CT molecular complexity index is 888. The molecule has 152 valence electrons. The average molecular weight is 412 g/mol. The summed E-state index contributed by atoms with van der Waals surface area (Å²) in [5, 5.41) is 3.42. The van der Waals surface area contributed by atoms with Gasteiger partial charge in [0.2, 0.25) is 11.8 Å². The van der Waals surface area contributed by atoms with E-state index in [0.717, 1.165) is 24.3 Å². The van der Waals surface area contributed by atoms with E-state index in [-0.39, 0.29) is 17.7 Å². The zero-order chi connectivity index (χ0) is 20.8. The maximum absolute atomic E-state index is 12.1. The van der Waals surface area contributed by atoms with Gasteiger partial charge in [0.25, 0.3) is 0 Å². The second-order valence-electron chi connectivity index (χ2n) is 7.37. The van der Waals surface area contributed by atoms with Crippen LogP contribution in [-0.4, -0.2) is 42.9 Å². The van der Waals surface area contributed by atoms with Gasteiger partial charge < -0.3 is 15.1 Å². The summed E-state index contributed by atoms with van der Waals surface area (Å²) in [6, 6.07) is 15.2. The van der Waals surface area contributed by atoms with Crippen LogP contribution in [0.4, 0.5) is 11.4 Å². The second-order valence-corrected chi connectivity index (χ2v) is 7.77. The van der Waals surface area contributed by atoms with Gasteiger partial charge in [-0.15, -0.1) is 0 Å². The van der Waals surface area contributed by atoms with Crippen LogP contribution < -0.4 is 10.2 Å². The number of piperazine rings is 1. The van der Waals surface area contributed by atoms with Crippen molar-refractivity contribution in [1.29, 1.82) is 0 Å². The highest BCUT2D eigenvalue weighted by Crippen LogP contribution is 2.30. The molecule has 0 radical (unpaired) electrons. The van der Waals surface area contributed by atoms with Gasteiger partial charge in [-0.1, -0.05) is 55.8 Å². The minimum Gasteiger partial charge on any atom is -0.367 e. The molecule has 5 nitrogen and oxygen atoms in total. The number of hydrogen-bond donors (Lipinski definition) is 1. The third-order valence-electron chi connectivity index (χ3n) is 4.87. The Hall–Kier alpha value is -2.79. The quantitative estimate of drug-likeness (QED) is 0.746. The topological polar surface area (TPSA) is 52.7 Å². The number of nitrogens with zero attached hydrogens (tertiary/aromatic N) is 2. The maximum atomic E-state index is 12.1. The van der Waals surface area contributed by atoms with Gasteiger partial charge in [0.05, 0.1) is 10.7 Å². The van der Waals surface area contributed by atoms with Crippen molar-refractivity contribution in [1.82, 2.24) is 4.90 Å². The molecule has 1 aliphatic heterocycles. The van der Waals surface area contributed by atoms with Crippen LogP contribution in [-0.2, 0) is 9.59 Å². The highest BCUT2D eigenvalue weighted by molar-refractivity contribution is 6.33. The number of hydrogen-bond acceptors (Lipinski definition) is 3. The number of anilines is 2. The number of benzene rings is 2. The molecule has 1 N–H and O–H groups in total. The molecule has 1 heterocycles. The summed E-state index contributed by atoms with van der Waals surface area (Å²) in [5.74, 6) is -0.000167. The first-order valence-electron chi connectivity index (χ1n) is 9.81. The average Bonchev–Trinajstić information content (AvgIpc) is 2.73. The molecule has 0 saturated carbocycles. The van der Waals surface area contributed by atoms with E-state index in [1.807, 2.05) is 61.2 Å². The Morgan fingerprint density at radius 1 is 1.03 bits per heavy atom. The predicted molar refractivity (Wildman–Crippen MR) is 119 cm³/mol. The van der Waals surface area contributed by atoms with E-state index in [1.165, 1.54) is 6.08 Å². The summed E-state index contributed by atoms with van der Waals surface area (Å²) in [6.45, 7) is 6.71. The van der Waals surface area contributed by atoms with Crippen LogP contribution in [0.25, 0.3) is 6.08 Å². The van der Waals surface area contributed by atoms with Crippen molar-refractivity contribution in [3.05, 3.63) is 65.2 Å². The number of nitrogens with one attached hydrogen (secondary N) is 1. The molecule has 0 aromatic heterocycles. The lowest BCUT2D eigenvalue weighted by molar-refractivity contribution is -0.134. The Balaban J connectivity index is 1.58. The SMILES string of the molecule is CC(C)C(=O)N1CCN(c2ccc(NC(=O)/C=C/c3ccccc3)cc2Cl)CC1. The van der Waals surface area contributed by atoms with E-state index in [1.54, 1.807) is 12.1 Å². The zero-order valence-electron chi connectivity index (χ0n) is 16.8. The Labute approximate surface area is 177 Å². The lowest BCUT2D eigenvalue weighted by Gasteiger charge is -2.37. The first-order chi connectivity index (χ1) is 13.9. The van der Waals surface area contributed by atoms with E-state index < -0.39 is 0 Å². The molecule has 0 spiro atoms. The number of rotatable bonds is 5. The molecule has 0 atom stereocenters. The third kappa shape index (κ3) is 5.61. The van der Waals surface area contributed by atoms with E-state index in [2.05, 4.69) is 10.2 Å². The van der Waals surface area contributed by atoms with Crippen molar-refractivity contribution in [2.75, 3.05) is 36.4 Å².